The molecule has 0 unspecified atom stereocenters. The zero-order valence-electron chi connectivity index (χ0n) is 8.10. The molecule has 0 heterocycles. The monoisotopic (exact) mass is 221 g/mol. The van der Waals surface area contributed by atoms with Crippen molar-refractivity contribution in [3.63, 3.8) is 0 Å². The number of rotatable bonds is 8. The first kappa shape index (κ1) is 13.2. The summed E-state index contributed by atoms with van der Waals surface area (Å²) < 4.78 is 0. The van der Waals surface area contributed by atoms with Crippen LogP contribution in [0.25, 0.3) is 0 Å². The molecule has 0 aliphatic heterocycles. The van der Waals surface area contributed by atoms with E-state index in [9.17, 15) is 9.59 Å². The number of hydrogen-bond donors (Lipinski definition) is 2. The van der Waals surface area contributed by atoms with Gasteiger partial charge in [0.2, 0.25) is 0 Å². The lowest BCUT2D eigenvalue weighted by Gasteiger charge is -2.16. The van der Waals surface area contributed by atoms with E-state index in [0.717, 1.165) is 11.5 Å². The Morgan fingerprint density at radius 3 is 2.07 bits per heavy atom. The van der Waals surface area contributed by atoms with Crippen molar-refractivity contribution in [2.45, 2.75) is 6.92 Å². The molecule has 0 amide bonds. The van der Waals surface area contributed by atoms with Crippen molar-refractivity contribution >= 4 is 23.7 Å². The average molecular weight is 221 g/mol. The normalized spacial score (nSPS) is 10.4. The number of nitrogens with zero attached hydrogens (tertiary/aromatic N) is 1. The fourth-order valence-electron chi connectivity index (χ4n) is 0.935. The molecule has 6 heteroatoms. The SMILES string of the molecule is CCSCCN(CC(=O)O)CC(=O)O. The maximum Gasteiger partial charge on any atom is 0.317 e. The summed E-state index contributed by atoms with van der Waals surface area (Å²) in [4.78, 5) is 22.2. The highest BCUT2D eigenvalue weighted by atomic mass is 32.2. The molecule has 0 aromatic rings. The Bertz CT molecular complexity index is 182. The summed E-state index contributed by atoms with van der Waals surface area (Å²) >= 11 is 1.66. The van der Waals surface area contributed by atoms with E-state index in [1.807, 2.05) is 6.92 Å². The second-order valence-electron chi connectivity index (χ2n) is 2.70. The first-order valence-electron chi connectivity index (χ1n) is 4.30. The van der Waals surface area contributed by atoms with Crippen LogP contribution in [0.5, 0.6) is 0 Å². The maximum absolute atomic E-state index is 10.4. The molecule has 0 atom stereocenters. The van der Waals surface area contributed by atoms with Gasteiger partial charge in [0.1, 0.15) is 0 Å². The summed E-state index contributed by atoms with van der Waals surface area (Å²) in [6.45, 7) is 2.08. The van der Waals surface area contributed by atoms with Crippen LogP contribution >= 0.6 is 11.8 Å². The van der Waals surface area contributed by atoms with Gasteiger partial charge in [-0.1, -0.05) is 6.92 Å². The molecule has 14 heavy (non-hydrogen) atoms. The average Bonchev–Trinajstić information content (AvgIpc) is 2.02. The van der Waals surface area contributed by atoms with Gasteiger partial charge in [-0.25, -0.2) is 0 Å². The molecule has 0 saturated carbocycles. The topological polar surface area (TPSA) is 77.8 Å². The predicted octanol–water partition coefficient (Wildman–Crippen LogP) is 0.211. The Hall–Kier alpha value is -0.750. The molecule has 5 nitrogen and oxygen atoms in total. The highest BCUT2D eigenvalue weighted by Crippen LogP contribution is 1.99. The van der Waals surface area contributed by atoms with Gasteiger partial charge in [-0.3, -0.25) is 14.5 Å². The fraction of sp³-hybridized carbons (Fsp3) is 0.750. The van der Waals surface area contributed by atoms with Gasteiger partial charge in [0, 0.05) is 12.3 Å². The van der Waals surface area contributed by atoms with Crippen LogP contribution in [0.2, 0.25) is 0 Å². The van der Waals surface area contributed by atoms with E-state index in [-0.39, 0.29) is 13.1 Å². The van der Waals surface area contributed by atoms with Crippen molar-refractivity contribution in [2.75, 3.05) is 31.1 Å². The molecule has 2 N–H and O–H groups in total. The molecular weight excluding hydrogens is 206 g/mol. The van der Waals surface area contributed by atoms with E-state index < -0.39 is 11.9 Å². The standard InChI is InChI=1S/C8H15NO4S/c1-2-14-4-3-9(5-7(10)11)6-8(12)13/h2-6H2,1H3,(H,10,11)(H,12,13). The van der Waals surface area contributed by atoms with Gasteiger partial charge < -0.3 is 10.2 Å². The lowest BCUT2D eigenvalue weighted by Crippen LogP contribution is -2.36. The third-order valence-electron chi connectivity index (χ3n) is 1.47. The number of thioether (sulfide) groups is 1. The summed E-state index contributed by atoms with van der Waals surface area (Å²) in [6, 6.07) is 0. The number of hydrogen-bond acceptors (Lipinski definition) is 4. The molecule has 0 fully saturated rings. The van der Waals surface area contributed by atoms with E-state index in [4.69, 9.17) is 10.2 Å². The summed E-state index contributed by atoms with van der Waals surface area (Å²) in [6.07, 6.45) is 0. The van der Waals surface area contributed by atoms with E-state index in [2.05, 4.69) is 0 Å². The van der Waals surface area contributed by atoms with Gasteiger partial charge in [-0.05, 0) is 5.75 Å². The van der Waals surface area contributed by atoms with Crippen LogP contribution in [-0.2, 0) is 9.59 Å². The van der Waals surface area contributed by atoms with Crippen molar-refractivity contribution in [3.05, 3.63) is 0 Å². The first-order chi connectivity index (χ1) is 6.56. The third-order valence-corrected chi connectivity index (χ3v) is 2.35. The van der Waals surface area contributed by atoms with E-state index in [0.29, 0.717) is 6.54 Å². The van der Waals surface area contributed by atoms with Gasteiger partial charge in [0.25, 0.3) is 0 Å². The van der Waals surface area contributed by atoms with Crippen molar-refractivity contribution in [1.82, 2.24) is 4.90 Å². The van der Waals surface area contributed by atoms with Crippen molar-refractivity contribution in [3.8, 4) is 0 Å². The van der Waals surface area contributed by atoms with Crippen LogP contribution < -0.4 is 0 Å². The Labute approximate surface area is 87.1 Å². The van der Waals surface area contributed by atoms with Crippen molar-refractivity contribution in [1.29, 1.82) is 0 Å². The Kier molecular flexibility index (Phi) is 7.23. The maximum atomic E-state index is 10.4. The molecule has 0 aliphatic rings. The summed E-state index contributed by atoms with van der Waals surface area (Å²) in [5.74, 6) is -0.272. The van der Waals surface area contributed by atoms with Gasteiger partial charge >= 0.3 is 11.9 Å². The quantitative estimate of drug-likeness (QED) is 0.570. The van der Waals surface area contributed by atoms with Gasteiger partial charge in [-0.15, -0.1) is 0 Å². The van der Waals surface area contributed by atoms with Crippen LogP contribution in [-0.4, -0.2) is 58.2 Å². The van der Waals surface area contributed by atoms with Crippen LogP contribution in [0.3, 0.4) is 0 Å². The minimum atomic E-state index is -0.993. The number of carboxylic acids is 2. The molecule has 0 radical (unpaired) electrons. The summed E-state index contributed by atoms with van der Waals surface area (Å²) in [5, 5.41) is 17.0. The minimum absolute atomic E-state index is 0.212. The lowest BCUT2D eigenvalue weighted by atomic mass is 10.4. The smallest absolute Gasteiger partial charge is 0.317 e. The molecule has 0 rings (SSSR count). The lowest BCUT2D eigenvalue weighted by molar-refractivity contribution is -0.141. The molecule has 0 aromatic carbocycles. The molecule has 0 saturated heterocycles. The highest BCUT2D eigenvalue weighted by molar-refractivity contribution is 7.99. The Balaban J connectivity index is 3.84. The molecule has 0 aromatic heterocycles. The molecular formula is C8H15NO4S. The van der Waals surface area contributed by atoms with Crippen LogP contribution in [0, 0.1) is 0 Å². The third kappa shape index (κ3) is 7.88. The largest absolute Gasteiger partial charge is 0.480 e. The van der Waals surface area contributed by atoms with E-state index in [1.165, 1.54) is 4.90 Å². The first-order valence-corrected chi connectivity index (χ1v) is 5.45. The van der Waals surface area contributed by atoms with Crippen LogP contribution in [0.4, 0.5) is 0 Å². The second-order valence-corrected chi connectivity index (χ2v) is 4.09. The van der Waals surface area contributed by atoms with Gasteiger partial charge in [0.15, 0.2) is 0 Å². The molecule has 0 spiro atoms. The molecule has 0 bridgehead atoms. The predicted molar refractivity (Wildman–Crippen MR) is 54.7 cm³/mol. The number of aliphatic carboxylic acids is 2. The van der Waals surface area contributed by atoms with Crippen LogP contribution in [0.1, 0.15) is 6.92 Å². The van der Waals surface area contributed by atoms with E-state index >= 15 is 0 Å². The fourth-order valence-corrected chi connectivity index (χ4v) is 1.61. The number of carbonyl (C=O) groups is 2. The summed E-state index contributed by atoms with van der Waals surface area (Å²) in [5.41, 5.74) is 0. The van der Waals surface area contributed by atoms with Crippen molar-refractivity contribution < 1.29 is 19.8 Å². The zero-order chi connectivity index (χ0) is 11.0. The Morgan fingerprint density at radius 1 is 1.21 bits per heavy atom. The van der Waals surface area contributed by atoms with E-state index in [1.54, 1.807) is 11.8 Å². The summed E-state index contributed by atoms with van der Waals surface area (Å²) in [7, 11) is 0. The number of carboxylic acid groups (broad SMARTS) is 2. The van der Waals surface area contributed by atoms with Crippen molar-refractivity contribution in [2.24, 2.45) is 0 Å². The molecule has 82 valence electrons. The van der Waals surface area contributed by atoms with Gasteiger partial charge in [0.05, 0.1) is 13.1 Å². The second kappa shape index (κ2) is 7.64. The minimum Gasteiger partial charge on any atom is -0.480 e. The highest BCUT2D eigenvalue weighted by Gasteiger charge is 2.12. The Morgan fingerprint density at radius 2 is 1.71 bits per heavy atom. The zero-order valence-corrected chi connectivity index (χ0v) is 8.92. The molecule has 0 aliphatic carbocycles. The van der Waals surface area contributed by atoms with Gasteiger partial charge in [-0.2, -0.15) is 11.8 Å². The van der Waals surface area contributed by atoms with Crippen LogP contribution in [0.15, 0.2) is 0 Å².